The van der Waals surface area contributed by atoms with Gasteiger partial charge in [-0.25, -0.2) is 0 Å². The Labute approximate surface area is 321 Å². The molecule has 0 spiro atoms. The molecule has 0 amide bonds. The molecule has 260 valence electrons. The molecular weight excluding hydrogens is 676 g/mol. The van der Waals surface area contributed by atoms with Crippen LogP contribution >= 0.6 is 11.6 Å². The van der Waals surface area contributed by atoms with Crippen LogP contribution in [-0.4, -0.2) is 0 Å². The Hall–Kier alpha value is -6.09. The van der Waals surface area contributed by atoms with E-state index in [4.69, 9.17) is 11.6 Å². The summed E-state index contributed by atoms with van der Waals surface area (Å²) in [6, 6.07) is 63.7. The summed E-state index contributed by atoms with van der Waals surface area (Å²) in [4.78, 5) is 4.89. The maximum atomic E-state index is 6.50. The molecule has 0 atom stereocenters. The summed E-state index contributed by atoms with van der Waals surface area (Å²) in [6.45, 7) is 4.86. The molecule has 0 fully saturated rings. The molecule has 9 aromatic rings. The molecule has 2 nitrogen and oxygen atoms in total. The summed E-state index contributed by atoms with van der Waals surface area (Å²) in [5, 5.41) is 8.54. The quantitative estimate of drug-likeness (QED) is 0.152. The van der Waals surface area contributed by atoms with Gasteiger partial charge >= 0.3 is 0 Å². The van der Waals surface area contributed by atoms with Crippen LogP contribution in [0, 0.1) is 0 Å². The first-order chi connectivity index (χ1) is 26.5. The zero-order valence-electron chi connectivity index (χ0n) is 30.4. The van der Waals surface area contributed by atoms with Crippen molar-refractivity contribution in [3.63, 3.8) is 0 Å². The third-order valence-electron chi connectivity index (χ3n) is 11.5. The number of nitrogens with zero attached hydrogens (tertiary/aromatic N) is 2. The van der Waals surface area contributed by atoms with Gasteiger partial charge in [0.25, 0.3) is 0 Å². The van der Waals surface area contributed by atoms with Gasteiger partial charge in [-0.1, -0.05) is 123 Å². The van der Waals surface area contributed by atoms with Crippen LogP contribution in [0.15, 0.2) is 176 Å². The van der Waals surface area contributed by atoms with Gasteiger partial charge in [-0.15, -0.1) is 0 Å². The Morgan fingerprint density at radius 1 is 0.463 bits per heavy atom. The monoisotopic (exact) mass is 714 g/mol. The van der Waals surface area contributed by atoms with E-state index in [0.29, 0.717) is 0 Å². The normalized spacial score (nSPS) is 13.5. The van der Waals surface area contributed by atoms with E-state index in [9.17, 15) is 0 Å². The van der Waals surface area contributed by atoms with E-state index >= 15 is 0 Å². The summed E-state index contributed by atoms with van der Waals surface area (Å²) >= 11 is 6.50. The number of para-hydroxylation sites is 4. The van der Waals surface area contributed by atoms with E-state index in [1.165, 1.54) is 54.7 Å². The summed E-state index contributed by atoms with van der Waals surface area (Å²) in [6.07, 6.45) is 2.10. The first kappa shape index (κ1) is 32.6. The maximum absolute atomic E-state index is 6.50. The third kappa shape index (κ3) is 5.24. The van der Waals surface area contributed by atoms with Crippen molar-refractivity contribution < 1.29 is 0 Å². The fourth-order valence-corrected chi connectivity index (χ4v) is 8.99. The van der Waals surface area contributed by atoms with Crippen molar-refractivity contribution in [2.45, 2.75) is 32.1 Å². The van der Waals surface area contributed by atoms with Crippen molar-refractivity contribution in [1.82, 2.24) is 0 Å². The van der Waals surface area contributed by atoms with Crippen LogP contribution in [0.1, 0.15) is 31.4 Å². The van der Waals surface area contributed by atoms with Crippen LogP contribution in [0.3, 0.4) is 0 Å². The SMILES string of the molecule is CC1(C)CCc2cc(N(c3ccccc3)c3ccccc3)c3ccc4c(-c5ccc(Cl)cc5)cc(N(c5ccccc5)c5ccccc5)c5cc1c2c3c45. The standard InChI is InChI=1S/C51H39ClN2/c1-51(2)30-29-35-31-46(53(37-15-7-3-8-16-37)38-17-9-4-10-18-38)42-28-27-41-43(34-23-25-36(52)26-24-34)33-47(44-32-45(51)48(35)50(42)49(41)44)54(39-19-11-5-12-20-39)40-21-13-6-14-22-40/h3-28,31-33H,29-30H2,1-2H3. The van der Waals surface area contributed by atoms with Crippen LogP contribution in [0.2, 0.25) is 5.02 Å². The maximum Gasteiger partial charge on any atom is 0.0546 e. The van der Waals surface area contributed by atoms with Crippen LogP contribution in [0.5, 0.6) is 0 Å². The molecule has 3 heteroatoms. The van der Waals surface area contributed by atoms with E-state index in [1.807, 2.05) is 12.1 Å². The number of benzene rings is 9. The molecule has 0 bridgehead atoms. The molecule has 0 saturated heterocycles. The van der Waals surface area contributed by atoms with Crippen LogP contribution < -0.4 is 9.80 Å². The largest absolute Gasteiger partial charge is 0.310 e. The van der Waals surface area contributed by atoms with Gasteiger partial charge in [0, 0.05) is 49.3 Å². The van der Waals surface area contributed by atoms with Crippen LogP contribution in [0.4, 0.5) is 34.1 Å². The van der Waals surface area contributed by atoms with E-state index in [1.54, 1.807) is 0 Å². The summed E-state index contributed by atoms with van der Waals surface area (Å²) in [5.74, 6) is 0. The van der Waals surface area contributed by atoms with Gasteiger partial charge in [-0.05, 0) is 130 Å². The molecule has 0 N–H and O–H groups in total. The number of anilines is 6. The first-order valence-electron chi connectivity index (χ1n) is 18.8. The van der Waals surface area contributed by atoms with Gasteiger partial charge in [-0.3, -0.25) is 0 Å². The molecule has 0 unspecified atom stereocenters. The van der Waals surface area contributed by atoms with Gasteiger partial charge in [0.2, 0.25) is 0 Å². The third-order valence-corrected chi connectivity index (χ3v) is 11.7. The molecule has 0 radical (unpaired) electrons. The lowest BCUT2D eigenvalue weighted by Crippen LogP contribution is -2.24. The van der Waals surface area contributed by atoms with Gasteiger partial charge in [0.05, 0.1) is 11.4 Å². The lowest BCUT2D eigenvalue weighted by molar-refractivity contribution is 0.475. The fourth-order valence-electron chi connectivity index (χ4n) is 8.86. The van der Waals surface area contributed by atoms with Crippen molar-refractivity contribution in [3.05, 3.63) is 192 Å². The van der Waals surface area contributed by atoms with E-state index in [2.05, 4.69) is 187 Å². The summed E-state index contributed by atoms with van der Waals surface area (Å²) < 4.78 is 0. The minimum atomic E-state index is -0.00368. The van der Waals surface area contributed by atoms with E-state index in [0.717, 1.165) is 51.9 Å². The second kappa shape index (κ2) is 12.8. The molecular formula is C51H39ClN2. The zero-order chi connectivity index (χ0) is 36.4. The van der Waals surface area contributed by atoms with Gasteiger partial charge in [0.15, 0.2) is 0 Å². The van der Waals surface area contributed by atoms with Crippen molar-refractivity contribution >= 4 is 78.0 Å². The molecule has 0 aromatic heterocycles. The number of halogens is 1. The topological polar surface area (TPSA) is 6.48 Å². The smallest absolute Gasteiger partial charge is 0.0546 e. The number of hydrogen-bond acceptors (Lipinski definition) is 2. The Kier molecular flexibility index (Phi) is 7.71. The second-order valence-electron chi connectivity index (χ2n) is 15.2. The van der Waals surface area contributed by atoms with Gasteiger partial charge < -0.3 is 9.80 Å². The lowest BCUT2D eigenvalue weighted by Gasteiger charge is -2.37. The van der Waals surface area contributed by atoms with Crippen LogP contribution in [0.25, 0.3) is 43.4 Å². The lowest BCUT2D eigenvalue weighted by atomic mass is 9.70. The van der Waals surface area contributed by atoms with E-state index in [-0.39, 0.29) is 5.41 Å². The highest BCUT2D eigenvalue weighted by molar-refractivity contribution is 6.32. The van der Waals surface area contributed by atoms with Crippen molar-refractivity contribution in [2.24, 2.45) is 0 Å². The Balaban J connectivity index is 1.40. The van der Waals surface area contributed by atoms with Gasteiger partial charge in [0.1, 0.15) is 0 Å². The second-order valence-corrected chi connectivity index (χ2v) is 15.6. The first-order valence-corrected chi connectivity index (χ1v) is 19.2. The van der Waals surface area contributed by atoms with Crippen molar-refractivity contribution in [3.8, 4) is 11.1 Å². The fraction of sp³-hybridized carbons (Fsp3) is 0.0980. The molecule has 0 aliphatic heterocycles. The van der Waals surface area contributed by atoms with Crippen molar-refractivity contribution in [1.29, 1.82) is 0 Å². The summed E-state index contributed by atoms with van der Waals surface area (Å²) in [7, 11) is 0. The molecule has 0 heterocycles. The highest BCUT2D eigenvalue weighted by Gasteiger charge is 2.33. The molecule has 1 aliphatic carbocycles. The highest BCUT2D eigenvalue weighted by Crippen LogP contribution is 2.54. The predicted octanol–water partition coefficient (Wildman–Crippen LogP) is 15.1. The predicted molar refractivity (Wildman–Crippen MR) is 231 cm³/mol. The minimum Gasteiger partial charge on any atom is -0.310 e. The average Bonchev–Trinajstić information content (AvgIpc) is 3.21. The number of hydrogen-bond donors (Lipinski definition) is 0. The zero-order valence-corrected chi connectivity index (χ0v) is 31.2. The molecule has 54 heavy (non-hydrogen) atoms. The van der Waals surface area contributed by atoms with Crippen LogP contribution in [-0.2, 0) is 11.8 Å². The molecule has 0 saturated carbocycles. The number of rotatable bonds is 7. The minimum absolute atomic E-state index is 0.00368. The Morgan fingerprint density at radius 2 is 0.944 bits per heavy atom. The van der Waals surface area contributed by atoms with Gasteiger partial charge in [-0.2, -0.15) is 0 Å². The highest BCUT2D eigenvalue weighted by atomic mass is 35.5. The van der Waals surface area contributed by atoms with E-state index < -0.39 is 0 Å². The molecule has 10 rings (SSSR count). The Bertz CT molecular complexity index is 2700. The summed E-state index contributed by atoms with van der Waals surface area (Å²) in [5.41, 5.74) is 12.1. The molecule has 1 aliphatic rings. The van der Waals surface area contributed by atoms with Crippen molar-refractivity contribution in [2.75, 3.05) is 9.80 Å². The Morgan fingerprint density at radius 3 is 1.46 bits per heavy atom. The molecule has 9 aromatic carbocycles. The average molecular weight is 715 g/mol. The number of aryl methyl sites for hydroxylation is 1.